The molecule has 1 aromatic rings. The molecule has 0 bridgehead atoms. The molecular formula is C14H20N2O2S. The van der Waals surface area contributed by atoms with Crippen LogP contribution in [0.3, 0.4) is 0 Å². The summed E-state index contributed by atoms with van der Waals surface area (Å²) in [6.07, 6.45) is 2.37. The summed E-state index contributed by atoms with van der Waals surface area (Å²) in [5.74, 6) is 3.57. The van der Waals surface area contributed by atoms with Crippen LogP contribution in [-0.4, -0.2) is 31.1 Å². The van der Waals surface area contributed by atoms with Gasteiger partial charge in [-0.15, -0.1) is 0 Å². The van der Waals surface area contributed by atoms with Crippen molar-refractivity contribution in [3.05, 3.63) is 23.8 Å². The highest BCUT2D eigenvalue weighted by molar-refractivity contribution is 7.99. The van der Waals surface area contributed by atoms with E-state index >= 15 is 0 Å². The Hall–Kier alpha value is -1.36. The number of hydrogen-bond donors (Lipinski definition) is 2. The number of nitrogen functional groups attached to an aromatic ring is 1. The lowest BCUT2D eigenvalue weighted by Crippen LogP contribution is -2.31. The summed E-state index contributed by atoms with van der Waals surface area (Å²) in [6.45, 7) is 0.741. The highest BCUT2D eigenvalue weighted by Crippen LogP contribution is 2.23. The molecule has 0 spiro atoms. The molecule has 0 aliphatic carbocycles. The summed E-state index contributed by atoms with van der Waals surface area (Å²) in [4.78, 5) is 12.1. The van der Waals surface area contributed by atoms with Crippen LogP contribution in [0, 0.1) is 5.92 Å². The maximum atomic E-state index is 12.1. The Morgan fingerprint density at radius 3 is 2.84 bits per heavy atom. The van der Waals surface area contributed by atoms with Gasteiger partial charge in [0.2, 0.25) is 0 Å². The van der Waals surface area contributed by atoms with E-state index in [0.717, 1.165) is 6.54 Å². The number of amides is 1. The average molecular weight is 280 g/mol. The van der Waals surface area contributed by atoms with Gasteiger partial charge < -0.3 is 15.8 Å². The number of rotatable bonds is 4. The standard InChI is InChI=1S/C14H20N2O2S/c1-18-11-2-3-12(13(15)8-11)14(17)16-9-10-4-6-19-7-5-10/h2-3,8,10H,4-7,9,15H2,1H3,(H,16,17). The number of ether oxygens (including phenoxy) is 1. The normalized spacial score (nSPS) is 16.1. The first-order valence-corrected chi connectivity index (χ1v) is 7.65. The van der Waals surface area contributed by atoms with Crippen LogP contribution in [0.1, 0.15) is 23.2 Å². The van der Waals surface area contributed by atoms with Gasteiger partial charge in [-0.2, -0.15) is 11.8 Å². The number of carbonyl (C=O) groups excluding carboxylic acids is 1. The number of nitrogens with two attached hydrogens (primary N) is 1. The van der Waals surface area contributed by atoms with E-state index in [9.17, 15) is 4.79 Å². The minimum absolute atomic E-state index is 0.0987. The fourth-order valence-electron chi connectivity index (χ4n) is 2.16. The third-order valence-electron chi connectivity index (χ3n) is 3.40. The van der Waals surface area contributed by atoms with Gasteiger partial charge in [0.1, 0.15) is 5.75 Å². The van der Waals surface area contributed by atoms with Crippen LogP contribution in [0.5, 0.6) is 5.75 Å². The van der Waals surface area contributed by atoms with Crippen LogP contribution in [0.2, 0.25) is 0 Å². The van der Waals surface area contributed by atoms with Gasteiger partial charge in [-0.1, -0.05) is 0 Å². The molecule has 1 heterocycles. The van der Waals surface area contributed by atoms with Gasteiger partial charge in [0.05, 0.1) is 12.7 Å². The third-order valence-corrected chi connectivity index (χ3v) is 4.44. The molecule has 5 heteroatoms. The number of carbonyl (C=O) groups is 1. The van der Waals surface area contributed by atoms with Gasteiger partial charge in [-0.3, -0.25) is 4.79 Å². The van der Waals surface area contributed by atoms with Crippen molar-refractivity contribution in [2.24, 2.45) is 5.92 Å². The minimum Gasteiger partial charge on any atom is -0.497 e. The van der Waals surface area contributed by atoms with Crippen molar-refractivity contribution in [3.8, 4) is 5.75 Å². The topological polar surface area (TPSA) is 64.3 Å². The lowest BCUT2D eigenvalue weighted by molar-refractivity contribution is 0.0947. The van der Waals surface area contributed by atoms with E-state index in [2.05, 4.69) is 5.32 Å². The second-order valence-corrected chi connectivity index (χ2v) is 5.94. The molecule has 1 aromatic carbocycles. The Kier molecular flexibility index (Phi) is 4.96. The predicted molar refractivity (Wildman–Crippen MR) is 79.8 cm³/mol. The molecule has 0 aromatic heterocycles. The molecule has 0 saturated carbocycles. The van der Waals surface area contributed by atoms with Crippen molar-refractivity contribution in [2.45, 2.75) is 12.8 Å². The molecule has 3 N–H and O–H groups in total. The van der Waals surface area contributed by atoms with Gasteiger partial charge >= 0.3 is 0 Å². The molecule has 1 saturated heterocycles. The van der Waals surface area contributed by atoms with Crippen molar-refractivity contribution < 1.29 is 9.53 Å². The molecule has 0 unspecified atom stereocenters. The Bertz CT molecular complexity index is 445. The van der Waals surface area contributed by atoms with Crippen LogP contribution in [0.25, 0.3) is 0 Å². The fourth-order valence-corrected chi connectivity index (χ4v) is 3.36. The SMILES string of the molecule is COc1ccc(C(=O)NCC2CCSCC2)c(N)c1. The summed E-state index contributed by atoms with van der Waals surface area (Å²) in [5, 5.41) is 2.98. The number of thioether (sulfide) groups is 1. The summed E-state index contributed by atoms with van der Waals surface area (Å²) < 4.78 is 5.07. The van der Waals surface area contributed by atoms with Gasteiger partial charge in [0.15, 0.2) is 0 Å². The molecule has 0 atom stereocenters. The van der Waals surface area contributed by atoms with E-state index in [0.29, 0.717) is 22.9 Å². The zero-order valence-corrected chi connectivity index (χ0v) is 12.0. The second kappa shape index (κ2) is 6.70. The zero-order chi connectivity index (χ0) is 13.7. The lowest BCUT2D eigenvalue weighted by atomic mass is 10.0. The van der Waals surface area contributed by atoms with Crippen LogP contribution in [0.15, 0.2) is 18.2 Å². The van der Waals surface area contributed by atoms with Gasteiger partial charge in [-0.25, -0.2) is 0 Å². The summed E-state index contributed by atoms with van der Waals surface area (Å²) in [6, 6.07) is 5.13. The van der Waals surface area contributed by atoms with Crippen molar-refractivity contribution in [3.63, 3.8) is 0 Å². The van der Waals surface area contributed by atoms with Gasteiger partial charge in [0, 0.05) is 18.3 Å². The monoisotopic (exact) mass is 280 g/mol. The maximum Gasteiger partial charge on any atom is 0.253 e. The quantitative estimate of drug-likeness (QED) is 0.830. The number of benzene rings is 1. The van der Waals surface area contributed by atoms with E-state index in [1.807, 2.05) is 11.8 Å². The van der Waals surface area contributed by atoms with Gasteiger partial charge in [-0.05, 0) is 42.4 Å². The zero-order valence-electron chi connectivity index (χ0n) is 11.1. The van der Waals surface area contributed by atoms with Crippen molar-refractivity contribution in [1.82, 2.24) is 5.32 Å². The number of hydrogen-bond acceptors (Lipinski definition) is 4. The first kappa shape index (κ1) is 14.1. The third kappa shape index (κ3) is 3.80. The maximum absolute atomic E-state index is 12.1. The van der Waals surface area contributed by atoms with E-state index in [-0.39, 0.29) is 5.91 Å². The summed E-state index contributed by atoms with van der Waals surface area (Å²) in [5.41, 5.74) is 6.84. The Morgan fingerprint density at radius 2 is 2.21 bits per heavy atom. The summed E-state index contributed by atoms with van der Waals surface area (Å²) in [7, 11) is 1.58. The highest BCUT2D eigenvalue weighted by Gasteiger charge is 2.16. The molecule has 104 valence electrons. The number of nitrogens with one attached hydrogen (secondary N) is 1. The van der Waals surface area contributed by atoms with Crippen LogP contribution < -0.4 is 15.8 Å². The number of anilines is 1. The molecule has 1 amide bonds. The van der Waals surface area contributed by atoms with Crippen LogP contribution in [-0.2, 0) is 0 Å². The molecule has 2 rings (SSSR count). The first-order valence-electron chi connectivity index (χ1n) is 6.50. The second-order valence-electron chi connectivity index (χ2n) is 4.72. The predicted octanol–water partition coefficient (Wildman–Crippen LogP) is 2.15. The average Bonchev–Trinajstić information content (AvgIpc) is 2.45. The van der Waals surface area contributed by atoms with E-state index in [1.165, 1.54) is 24.3 Å². The Balaban J connectivity index is 1.92. The van der Waals surface area contributed by atoms with E-state index in [4.69, 9.17) is 10.5 Å². The Labute approximate surface area is 118 Å². The van der Waals surface area contributed by atoms with Crippen molar-refractivity contribution in [2.75, 3.05) is 30.9 Å². The Morgan fingerprint density at radius 1 is 1.47 bits per heavy atom. The molecule has 1 aliphatic rings. The van der Waals surface area contributed by atoms with E-state index < -0.39 is 0 Å². The fraction of sp³-hybridized carbons (Fsp3) is 0.500. The van der Waals surface area contributed by atoms with Crippen LogP contribution >= 0.6 is 11.8 Å². The van der Waals surface area contributed by atoms with Crippen molar-refractivity contribution >= 4 is 23.4 Å². The molecule has 1 fully saturated rings. The molecule has 19 heavy (non-hydrogen) atoms. The smallest absolute Gasteiger partial charge is 0.253 e. The molecule has 4 nitrogen and oxygen atoms in total. The molecular weight excluding hydrogens is 260 g/mol. The van der Waals surface area contributed by atoms with Crippen LogP contribution in [0.4, 0.5) is 5.69 Å². The summed E-state index contributed by atoms with van der Waals surface area (Å²) >= 11 is 1.99. The molecule has 0 radical (unpaired) electrons. The largest absolute Gasteiger partial charge is 0.497 e. The van der Waals surface area contributed by atoms with E-state index in [1.54, 1.807) is 25.3 Å². The highest BCUT2D eigenvalue weighted by atomic mass is 32.2. The lowest BCUT2D eigenvalue weighted by Gasteiger charge is -2.21. The minimum atomic E-state index is -0.0987. The van der Waals surface area contributed by atoms with Gasteiger partial charge in [0.25, 0.3) is 5.91 Å². The molecule has 1 aliphatic heterocycles. The first-order chi connectivity index (χ1) is 9.20. The number of methoxy groups -OCH3 is 1. The van der Waals surface area contributed by atoms with Crippen molar-refractivity contribution in [1.29, 1.82) is 0 Å².